The summed E-state index contributed by atoms with van der Waals surface area (Å²) in [5.41, 5.74) is 16.9. The van der Waals surface area contributed by atoms with Crippen molar-refractivity contribution < 1.29 is 0 Å². The number of anilines is 2. The summed E-state index contributed by atoms with van der Waals surface area (Å²) >= 11 is 0. The summed E-state index contributed by atoms with van der Waals surface area (Å²) < 4.78 is 0. The van der Waals surface area contributed by atoms with Crippen molar-refractivity contribution in [3.8, 4) is 11.3 Å². The van der Waals surface area contributed by atoms with Crippen LogP contribution in [0, 0.1) is 0 Å². The quantitative estimate of drug-likeness (QED) is 0.691. The van der Waals surface area contributed by atoms with E-state index in [1.165, 1.54) is 11.9 Å². The van der Waals surface area contributed by atoms with Gasteiger partial charge < -0.3 is 11.5 Å². The lowest BCUT2D eigenvalue weighted by molar-refractivity contribution is 0.515. The Morgan fingerprint density at radius 2 is 1.94 bits per heavy atom. The van der Waals surface area contributed by atoms with Crippen LogP contribution in [-0.2, 0) is 11.8 Å². The number of nitrogen functional groups attached to an aromatic ring is 2. The van der Waals surface area contributed by atoms with Crippen molar-refractivity contribution in [2.45, 2.75) is 25.7 Å². The Bertz CT molecular complexity index is 632. The Hall–Kier alpha value is -2.10. The minimum atomic E-state index is -0.0680. The molecule has 0 saturated heterocycles. The topological polar surface area (TPSA) is 77.8 Å². The molecule has 0 spiro atoms. The van der Waals surface area contributed by atoms with E-state index in [0.29, 0.717) is 5.82 Å². The lowest BCUT2D eigenvalue weighted by Gasteiger charge is -2.33. The molecule has 0 bridgehead atoms. The number of benzene rings is 1. The van der Waals surface area contributed by atoms with E-state index in [0.717, 1.165) is 28.9 Å². The Morgan fingerprint density at radius 3 is 2.72 bits per heavy atom. The van der Waals surface area contributed by atoms with Gasteiger partial charge in [0, 0.05) is 16.8 Å². The van der Waals surface area contributed by atoms with Crippen LogP contribution in [-0.4, -0.2) is 9.97 Å². The van der Waals surface area contributed by atoms with Crippen LogP contribution in [0.5, 0.6) is 0 Å². The highest BCUT2D eigenvalue weighted by atomic mass is 14.9. The SMILES string of the molecule is CC1(C)Cc2cc(N)ccc2-c2ncnc(N)c21. The summed E-state index contributed by atoms with van der Waals surface area (Å²) in [6.45, 7) is 4.33. The van der Waals surface area contributed by atoms with Crippen LogP contribution < -0.4 is 11.5 Å². The summed E-state index contributed by atoms with van der Waals surface area (Å²) in [4.78, 5) is 8.54. The molecule has 4 heteroatoms. The Labute approximate surface area is 106 Å². The zero-order valence-corrected chi connectivity index (χ0v) is 10.6. The molecule has 0 aliphatic heterocycles. The molecule has 1 aliphatic rings. The zero-order valence-electron chi connectivity index (χ0n) is 10.6. The first-order valence-corrected chi connectivity index (χ1v) is 5.99. The lowest BCUT2D eigenvalue weighted by Crippen LogP contribution is -2.28. The monoisotopic (exact) mass is 240 g/mol. The first-order valence-electron chi connectivity index (χ1n) is 5.99. The van der Waals surface area contributed by atoms with Crippen molar-refractivity contribution in [3.63, 3.8) is 0 Å². The van der Waals surface area contributed by atoms with Crippen molar-refractivity contribution in [2.75, 3.05) is 11.5 Å². The lowest BCUT2D eigenvalue weighted by atomic mass is 9.72. The van der Waals surface area contributed by atoms with Crippen LogP contribution in [0.1, 0.15) is 25.0 Å². The van der Waals surface area contributed by atoms with Crippen LogP contribution >= 0.6 is 0 Å². The Morgan fingerprint density at radius 1 is 1.17 bits per heavy atom. The summed E-state index contributed by atoms with van der Waals surface area (Å²) in [6, 6.07) is 5.95. The third kappa shape index (κ3) is 1.45. The highest BCUT2D eigenvalue weighted by Crippen LogP contribution is 2.44. The second kappa shape index (κ2) is 3.45. The van der Waals surface area contributed by atoms with Crippen LogP contribution in [0.2, 0.25) is 0 Å². The second-order valence-electron chi connectivity index (χ2n) is 5.46. The molecule has 0 atom stereocenters. The van der Waals surface area contributed by atoms with Gasteiger partial charge in [0.15, 0.2) is 0 Å². The van der Waals surface area contributed by atoms with Gasteiger partial charge in [-0.3, -0.25) is 0 Å². The molecule has 0 fully saturated rings. The van der Waals surface area contributed by atoms with E-state index in [9.17, 15) is 0 Å². The van der Waals surface area contributed by atoms with Crippen molar-refractivity contribution in [1.29, 1.82) is 0 Å². The molecule has 1 aliphatic carbocycles. The molecular formula is C14H16N4. The van der Waals surface area contributed by atoms with Gasteiger partial charge in [0.2, 0.25) is 0 Å². The summed E-state index contributed by atoms with van der Waals surface area (Å²) in [7, 11) is 0. The van der Waals surface area contributed by atoms with Gasteiger partial charge in [-0.25, -0.2) is 9.97 Å². The number of hydrogen-bond donors (Lipinski definition) is 2. The highest BCUT2D eigenvalue weighted by Gasteiger charge is 2.34. The highest BCUT2D eigenvalue weighted by molar-refractivity contribution is 5.76. The third-order valence-electron chi connectivity index (χ3n) is 3.57. The number of hydrogen-bond acceptors (Lipinski definition) is 4. The van der Waals surface area contributed by atoms with E-state index in [4.69, 9.17) is 11.5 Å². The van der Waals surface area contributed by atoms with Crippen LogP contribution in [0.15, 0.2) is 24.5 Å². The number of nitrogens with zero attached hydrogens (tertiary/aromatic N) is 2. The fourth-order valence-corrected chi connectivity index (χ4v) is 2.83. The molecule has 1 heterocycles. The molecule has 1 aromatic carbocycles. The van der Waals surface area contributed by atoms with E-state index in [1.807, 2.05) is 18.2 Å². The smallest absolute Gasteiger partial charge is 0.131 e. The average Bonchev–Trinajstić information content (AvgIpc) is 2.27. The molecule has 2 aromatic rings. The molecule has 1 aromatic heterocycles. The van der Waals surface area contributed by atoms with E-state index in [1.54, 1.807) is 0 Å². The van der Waals surface area contributed by atoms with Gasteiger partial charge in [0.05, 0.1) is 5.69 Å². The number of nitrogens with two attached hydrogens (primary N) is 2. The normalized spacial score (nSPS) is 15.9. The van der Waals surface area contributed by atoms with Crippen LogP contribution in [0.25, 0.3) is 11.3 Å². The third-order valence-corrected chi connectivity index (χ3v) is 3.57. The maximum Gasteiger partial charge on any atom is 0.131 e. The maximum absolute atomic E-state index is 6.03. The molecule has 0 amide bonds. The van der Waals surface area contributed by atoms with E-state index >= 15 is 0 Å². The number of fused-ring (bicyclic) bond motifs is 3. The first-order chi connectivity index (χ1) is 8.49. The van der Waals surface area contributed by atoms with E-state index in [-0.39, 0.29) is 5.41 Å². The molecule has 3 rings (SSSR count). The van der Waals surface area contributed by atoms with Crippen molar-refractivity contribution in [3.05, 3.63) is 35.7 Å². The summed E-state index contributed by atoms with van der Waals surface area (Å²) in [5.74, 6) is 0.576. The largest absolute Gasteiger partial charge is 0.399 e. The fraction of sp³-hybridized carbons (Fsp3) is 0.286. The predicted molar refractivity (Wildman–Crippen MR) is 73.0 cm³/mol. The predicted octanol–water partition coefficient (Wildman–Crippen LogP) is 2.14. The van der Waals surface area contributed by atoms with E-state index < -0.39 is 0 Å². The van der Waals surface area contributed by atoms with Crippen molar-refractivity contribution >= 4 is 11.5 Å². The molecule has 18 heavy (non-hydrogen) atoms. The molecule has 0 radical (unpaired) electrons. The van der Waals surface area contributed by atoms with Crippen molar-refractivity contribution in [1.82, 2.24) is 9.97 Å². The Balaban J connectivity index is 2.35. The molecule has 4 nitrogen and oxygen atoms in total. The second-order valence-corrected chi connectivity index (χ2v) is 5.46. The van der Waals surface area contributed by atoms with Gasteiger partial charge in [-0.05, 0) is 29.5 Å². The van der Waals surface area contributed by atoms with Crippen LogP contribution in [0.3, 0.4) is 0 Å². The molecular weight excluding hydrogens is 224 g/mol. The molecule has 4 N–H and O–H groups in total. The summed E-state index contributed by atoms with van der Waals surface area (Å²) in [5, 5.41) is 0. The molecule has 0 unspecified atom stereocenters. The standard InChI is InChI=1S/C14H16N4/c1-14(2)6-8-5-9(15)3-4-10(8)12-11(14)13(16)18-7-17-12/h3-5,7H,6,15H2,1-2H3,(H2,16,17,18). The van der Waals surface area contributed by atoms with Gasteiger partial charge in [-0.1, -0.05) is 19.9 Å². The minimum Gasteiger partial charge on any atom is -0.399 e. The molecule has 0 saturated carbocycles. The van der Waals surface area contributed by atoms with E-state index in [2.05, 4.69) is 23.8 Å². The van der Waals surface area contributed by atoms with Gasteiger partial charge >= 0.3 is 0 Å². The maximum atomic E-state index is 6.03. The van der Waals surface area contributed by atoms with Gasteiger partial charge in [-0.2, -0.15) is 0 Å². The fourth-order valence-electron chi connectivity index (χ4n) is 2.83. The number of rotatable bonds is 0. The van der Waals surface area contributed by atoms with Gasteiger partial charge in [-0.15, -0.1) is 0 Å². The first kappa shape index (κ1) is 11.0. The van der Waals surface area contributed by atoms with Gasteiger partial charge in [0.1, 0.15) is 12.1 Å². The Kier molecular flexibility index (Phi) is 2.11. The average molecular weight is 240 g/mol. The molecule has 92 valence electrons. The van der Waals surface area contributed by atoms with Gasteiger partial charge in [0.25, 0.3) is 0 Å². The number of aromatic nitrogens is 2. The minimum absolute atomic E-state index is 0.0680. The van der Waals surface area contributed by atoms with Crippen LogP contribution in [0.4, 0.5) is 11.5 Å². The van der Waals surface area contributed by atoms with Crippen molar-refractivity contribution in [2.24, 2.45) is 0 Å². The zero-order chi connectivity index (χ0) is 12.9. The summed E-state index contributed by atoms with van der Waals surface area (Å²) in [6.07, 6.45) is 2.42.